The maximum Gasteiger partial charge on any atom is 0.118 e. The topological polar surface area (TPSA) is 64.7 Å². The molecule has 1 heterocycles. The first-order chi connectivity index (χ1) is 13.2. The van der Waals surface area contributed by atoms with E-state index in [4.69, 9.17) is 15.2 Å². The van der Waals surface area contributed by atoms with Crippen LogP contribution in [0.15, 0.2) is 54.6 Å². The van der Waals surface area contributed by atoms with Gasteiger partial charge >= 0.3 is 0 Å². The normalized spacial score (nSPS) is 18.6. The fourth-order valence-corrected chi connectivity index (χ4v) is 5.50. The van der Waals surface area contributed by atoms with Crippen molar-refractivity contribution in [2.24, 2.45) is 11.7 Å². The molecule has 0 saturated carbocycles. The van der Waals surface area contributed by atoms with Crippen LogP contribution < -0.4 is 10.5 Å². The summed E-state index contributed by atoms with van der Waals surface area (Å²) in [6.07, 6.45) is 2.00. The number of ether oxygens (including phenoxy) is 2. The quantitative estimate of drug-likeness (QED) is 0.727. The zero-order valence-electron chi connectivity index (χ0n) is 15.8. The summed E-state index contributed by atoms with van der Waals surface area (Å²) in [5.41, 5.74) is 8.62. The van der Waals surface area contributed by atoms with Crippen LogP contribution >= 0.6 is 11.8 Å². The number of benzene rings is 2. The zero-order chi connectivity index (χ0) is 19.1. The highest BCUT2D eigenvalue weighted by Gasteiger charge is 2.43. The SMILES string of the molecule is COc1ccc(C(SC[C@H](N)CO)(c2ccccc2)C2CCOCC2)cc1. The van der Waals surface area contributed by atoms with Crippen molar-refractivity contribution in [3.05, 3.63) is 65.7 Å². The molecule has 0 aliphatic carbocycles. The van der Waals surface area contributed by atoms with Gasteiger partial charge in [-0.15, -0.1) is 11.8 Å². The molecular formula is C22H29NO3S. The van der Waals surface area contributed by atoms with E-state index in [1.54, 1.807) is 7.11 Å². The molecule has 27 heavy (non-hydrogen) atoms. The van der Waals surface area contributed by atoms with Crippen LogP contribution in [0.5, 0.6) is 5.75 Å². The molecule has 0 amide bonds. The maximum atomic E-state index is 9.48. The van der Waals surface area contributed by atoms with Crippen LogP contribution in [-0.2, 0) is 9.48 Å². The molecule has 3 N–H and O–H groups in total. The lowest BCUT2D eigenvalue weighted by Crippen LogP contribution is -2.39. The number of nitrogens with two attached hydrogens (primary N) is 1. The molecule has 146 valence electrons. The molecular weight excluding hydrogens is 358 g/mol. The minimum Gasteiger partial charge on any atom is -0.497 e. The van der Waals surface area contributed by atoms with E-state index in [1.807, 2.05) is 23.9 Å². The molecule has 1 aliphatic rings. The predicted molar refractivity (Wildman–Crippen MR) is 111 cm³/mol. The predicted octanol–water partition coefficient (Wildman–Crippen LogP) is 3.42. The van der Waals surface area contributed by atoms with Crippen LogP contribution in [-0.4, -0.2) is 43.8 Å². The van der Waals surface area contributed by atoms with Crippen molar-refractivity contribution in [1.29, 1.82) is 0 Å². The van der Waals surface area contributed by atoms with Gasteiger partial charge in [0.2, 0.25) is 0 Å². The van der Waals surface area contributed by atoms with E-state index >= 15 is 0 Å². The van der Waals surface area contributed by atoms with Crippen LogP contribution in [0.25, 0.3) is 0 Å². The monoisotopic (exact) mass is 387 g/mol. The Balaban J connectivity index is 2.10. The first kappa shape index (κ1) is 20.2. The Morgan fingerprint density at radius 2 is 1.74 bits per heavy atom. The first-order valence-corrected chi connectivity index (χ1v) is 10.5. The van der Waals surface area contributed by atoms with E-state index in [0.717, 1.165) is 31.8 Å². The van der Waals surface area contributed by atoms with Gasteiger partial charge in [-0.05, 0) is 42.0 Å². The Hall–Kier alpha value is -1.53. The maximum absolute atomic E-state index is 9.48. The van der Waals surface area contributed by atoms with Crippen LogP contribution in [0, 0.1) is 5.92 Å². The molecule has 1 aliphatic heterocycles. The minimum absolute atomic E-state index is 0.00569. The standard InChI is InChI=1S/C22H29NO3S/c1-25-21-9-7-18(8-10-21)22(27-16-20(23)15-24,17-5-3-2-4-6-17)19-11-13-26-14-12-19/h2-10,19-20,24H,11-16,23H2,1H3/t20-,22?/m1/s1. The zero-order valence-corrected chi connectivity index (χ0v) is 16.7. The molecule has 0 aromatic heterocycles. The lowest BCUT2D eigenvalue weighted by molar-refractivity contribution is 0.0576. The fraction of sp³-hybridized carbons (Fsp3) is 0.455. The molecule has 5 heteroatoms. The Bertz CT molecular complexity index is 688. The summed E-state index contributed by atoms with van der Waals surface area (Å²) in [5, 5.41) is 9.48. The molecule has 0 radical (unpaired) electrons. The Labute approximate surface area is 166 Å². The van der Waals surface area contributed by atoms with Crippen molar-refractivity contribution in [3.8, 4) is 5.75 Å². The van der Waals surface area contributed by atoms with Gasteiger partial charge in [0, 0.05) is 25.0 Å². The summed E-state index contributed by atoms with van der Waals surface area (Å²) in [5.74, 6) is 1.97. The highest BCUT2D eigenvalue weighted by atomic mass is 32.2. The smallest absolute Gasteiger partial charge is 0.118 e. The van der Waals surface area contributed by atoms with Crippen LogP contribution in [0.1, 0.15) is 24.0 Å². The number of rotatable bonds is 8. The molecule has 0 spiro atoms. The Morgan fingerprint density at radius 3 is 2.33 bits per heavy atom. The third-order valence-electron chi connectivity index (χ3n) is 5.28. The highest BCUT2D eigenvalue weighted by Crippen LogP contribution is 2.52. The van der Waals surface area contributed by atoms with Crippen LogP contribution in [0.3, 0.4) is 0 Å². The second-order valence-electron chi connectivity index (χ2n) is 6.97. The number of methoxy groups -OCH3 is 1. The van der Waals surface area contributed by atoms with Gasteiger partial charge in [0.25, 0.3) is 0 Å². The summed E-state index contributed by atoms with van der Waals surface area (Å²) >= 11 is 1.85. The highest BCUT2D eigenvalue weighted by molar-refractivity contribution is 8.00. The molecule has 2 aromatic carbocycles. The van der Waals surface area contributed by atoms with E-state index < -0.39 is 0 Å². The van der Waals surface area contributed by atoms with Gasteiger partial charge in [0.05, 0.1) is 18.5 Å². The third-order valence-corrected chi connectivity index (χ3v) is 7.13. The molecule has 1 unspecified atom stereocenters. The van der Waals surface area contributed by atoms with Crippen molar-refractivity contribution in [2.75, 3.05) is 32.7 Å². The van der Waals surface area contributed by atoms with Gasteiger partial charge in [-0.25, -0.2) is 0 Å². The number of hydrogen-bond acceptors (Lipinski definition) is 5. The largest absolute Gasteiger partial charge is 0.497 e. The lowest BCUT2D eigenvalue weighted by Gasteiger charge is -2.44. The summed E-state index contributed by atoms with van der Waals surface area (Å²) in [6, 6.07) is 18.8. The van der Waals surface area contributed by atoms with Gasteiger partial charge < -0.3 is 20.3 Å². The average molecular weight is 388 g/mol. The number of aliphatic hydroxyl groups excluding tert-OH is 1. The van der Waals surface area contributed by atoms with Crippen molar-refractivity contribution < 1.29 is 14.6 Å². The van der Waals surface area contributed by atoms with Crippen molar-refractivity contribution >= 4 is 11.8 Å². The van der Waals surface area contributed by atoms with Crippen molar-refractivity contribution in [3.63, 3.8) is 0 Å². The van der Waals surface area contributed by atoms with Gasteiger partial charge in [-0.1, -0.05) is 42.5 Å². The van der Waals surface area contributed by atoms with Gasteiger partial charge in [0.15, 0.2) is 0 Å². The summed E-state index contributed by atoms with van der Waals surface area (Å²) in [4.78, 5) is 0. The van der Waals surface area contributed by atoms with E-state index in [9.17, 15) is 5.11 Å². The fourth-order valence-electron chi connectivity index (χ4n) is 3.84. The Morgan fingerprint density at radius 1 is 1.11 bits per heavy atom. The van der Waals surface area contributed by atoms with Gasteiger partial charge in [0.1, 0.15) is 5.75 Å². The van der Waals surface area contributed by atoms with E-state index in [1.165, 1.54) is 11.1 Å². The third kappa shape index (κ3) is 4.49. The summed E-state index contributed by atoms with van der Waals surface area (Å²) < 4.78 is 10.8. The Kier molecular flexibility index (Phi) is 7.19. The minimum atomic E-state index is -0.240. The molecule has 4 nitrogen and oxygen atoms in total. The van der Waals surface area contributed by atoms with Gasteiger partial charge in [-0.3, -0.25) is 0 Å². The van der Waals surface area contributed by atoms with Crippen molar-refractivity contribution in [1.82, 2.24) is 0 Å². The molecule has 3 rings (SSSR count). The second-order valence-corrected chi connectivity index (χ2v) is 8.24. The van der Waals surface area contributed by atoms with Gasteiger partial charge in [-0.2, -0.15) is 0 Å². The molecule has 2 aromatic rings. The molecule has 1 fully saturated rings. The number of aliphatic hydroxyl groups is 1. The van der Waals surface area contributed by atoms with E-state index in [2.05, 4.69) is 42.5 Å². The van der Waals surface area contributed by atoms with Crippen molar-refractivity contribution in [2.45, 2.75) is 23.6 Å². The molecule has 0 bridgehead atoms. The lowest BCUT2D eigenvalue weighted by atomic mass is 9.76. The van der Waals surface area contributed by atoms with Crippen LogP contribution in [0.4, 0.5) is 0 Å². The first-order valence-electron chi connectivity index (χ1n) is 9.49. The van der Waals surface area contributed by atoms with Crippen LogP contribution in [0.2, 0.25) is 0 Å². The number of thioether (sulfide) groups is 1. The van der Waals surface area contributed by atoms with E-state index in [0.29, 0.717) is 11.7 Å². The molecule has 1 saturated heterocycles. The summed E-state index contributed by atoms with van der Waals surface area (Å²) in [6.45, 7) is 1.55. The number of hydrogen-bond donors (Lipinski definition) is 2. The second kappa shape index (κ2) is 9.60. The molecule has 2 atom stereocenters. The average Bonchev–Trinajstić information content (AvgIpc) is 2.76. The summed E-state index contributed by atoms with van der Waals surface area (Å²) in [7, 11) is 1.69. The van der Waals surface area contributed by atoms with E-state index in [-0.39, 0.29) is 17.4 Å².